The van der Waals surface area contributed by atoms with Crippen molar-refractivity contribution < 1.29 is 23.7 Å². The molecule has 5 rings (SSSR count). The van der Waals surface area contributed by atoms with Crippen molar-refractivity contribution in [2.45, 2.75) is 44.0 Å². The number of halogens is 1. The molecule has 1 aliphatic carbocycles. The van der Waals surface area contributed by atoms with Crippen LogP contribution in [-0.4, -0.2) is 41.0 Å². The van der Waals surface area contributed by atoms with Gasteiger partial charge in [-0.1, -0.05) is 12.1 Å². The van der Waals surface area contributed by atoms with E-state index in [0.717, 1.165) is 11.4 Å². The minimum Gasteiger partial charge on any atom is -0.497 e. The second kappa shape index (κ2) is 7.99. The number of hydrogen-bond acceptors (Lipinski definition) is 5. The minimum absolute atomic E-state index is 0.277. The summed E-state index contributed by atoms with van der Waals surface area (Å²) in [4.78, 5) is 0. The molecule has 0 radical (unpaired) electrons. The van der Waals surface area contributed by atoms with E-state index in [1.807, 2.05) is 36.4 Å². The van der Waals surface area contributed by atoms with Gasteiger partial charge in [0.15, 0.2) is 5.79 Å². The fraction of sp³-hybridized carbons (Fsp3) is 0.400. The molecule has 1 spiro atoms. The first-order valence-electron chi connectivity index (χ1n) is 10.9. The lowest BCUT2D eigenvalue weighted by atomic mass is 9.79. The van der Waals surface area contributed by atoms with E-state index in [4.69, 9.17) is 19.3 Å². The van der Waals surface area contributed by atoms with E-state index >= 15 is 0 Å². The number of aryl methyl sites for hydroxylation is 1. The zero-order valence-electron chi connectivity index (χ0n) is 18.3. The monoisotopic (exact) mass is 438 g/mol. The van der Waals surface area contributed by atoms with Crippen LogP contribution < -0.4 is 4.74 Å². The topological polar surface area (TPSA) is 65.7 Å². The first-order chi connectivity index (χ1) is 15.4. The Kier molecular flexibility index (Phi) is 5.28. The SMILES string of the molecule is COc1ccc(-n2nc(C3(O)CCC4(CC3)OCCO4)cc2-c2ccc(C)c(F)c2)cc1. The molecule has 1 N–H and O–H groups in total. The summed E-state index contributed by atoms with van der Waals surface area (Å²) in [5.41, 5.74) is 2.25. The number of hydrogen-bond donors (Lipinski definition) is 1. The Hall–Kier alpha value is -2.74. The third-order valence-corrected chi connectivity index (χ3v) is 6.62. The van der Waals surface area contributed by atoms with E-state index in [1.165, 1.54) is 6.07 Å². The maximum Gasteiger partial charge on any atom is 0.168 e. The van der Waals surface area contributed by atoms with Crippen LogP contribution in [0.5, 0.6) is 5.75 Å². The van der Waals surface area contributed by atoms with Gasteiger partial charge in [0.2, 0.25) is 0 Å². The Labute approximate surface area is 186 Å². The standard InChI is InChI=1S/C25H27FN2O4/c1-17-3-4-18(15-21(17)26)22-16-23(27-28(22)19-5-7-20(30-2)8-6-19)24(29)9-11-25(12-10-24)31-13-14-32-25/h3-8,15-16,29H,9-14H2,1-2H3. The van der Waals surface area contributed by atoms with Gasteiger partial charge in [-0.25, -0.2) is 9.07 Å². The van der Waals surface area contributed by atoms with Crippen LogP contribution in [0.2, 0.25) is 0 Å². The molecule has 0 bridgehead atoms. The molecule has 1 saturated heterocycles. The molecule has 0 atom stereocenters. The van der Waals surface area contributed by atoms with Crippen molar-refractivity contribution in [1.29, 1.82) is 0 Å². The van der Waals surface area contributed by atoms with Crippen LogP contribution in [0.3, 0.4) is 0 Å². The lowest BCUT2D eigenvalue weighted by molar-refractivity contribution is -0.204. The smallest absolute Gasteiger partial charge is 0.168 e. The summed E-state index contributed by atoms with van der Waals surface area (Å²) in [6, 6.07) is 14.5. The van der Waals surface area contributed by atoms with Gasteiger partial charge in [-0.2, -0.15) is 5.10 Å². The molecule has 1 aliphatic heterocycles. The molecule has 2 heterocycles. The molecule has 32 heavy (non-hydrogen) atoms. The number of benzene rings is 2. The van der Waals surface area contributed by atoms with E-state index in [-0.39, 0.29) is 5.82 Å². The molecule has 6 nitrogen and oxygen atoms in total. The lowest BCUT2D eigenvalue weighted by Crippen LogP contribution is -2.42. The Balaban J connectivity index is 1.55. The van der Waals surface area contributed by atoms with E-state index < -0.39 is 11.4 Å². The summed E-state index contributed by atoms with van der Waals surface area (Å²) in [7, 11) is 1.62. The predicted molar refractivity (Wildman–Crippen MR) is 117 cm³/mol. The Bertz CT molecular complexity index is 1110. The second-order valence-corrected chi connectivity index (χ2v) is 8.63. The molecule has 0 unspecified atom stereocenters. The molecule has 2 aliphatic rings. The number of methoxy groups -OCH3 is 1. The van der Waals surface area contributed by atoms with Crippen molar-refractivity contribution in [1.82, 2.24) is 9.78 Å². The van der Waals surface area contributed by atoms with Crippen molar-refractivity contribution in [2.24, 2.45) is 0 Å². The highest BCUT2D eigenvalue weighted by atomic mass is 19.1. The van der Waals surface area contributed by atoms with Crippen molar-refractivity contribution in [3.63, 3.8) is 0 Å². The molecule has 2 fully saturated rings. The maximum absolute atomic E-state index is 14.4. The maximum atomic E-state index is 14.4. The highest BCUT2D eigenvalue weighted by molar-refractivity contribution is 5.64. The van der Waals surface area contributed by atoms with Gasteiger partial charge in [0.1, 0.15) is 17.2 Å². The number of aromatic nitrogens is 2. The van der Waals surface area contributed by atoms with Crippen molar-refractivity contribution in [3.8, 4) is 22.7 Å². The van der Waals surface area contributed by atoms with Crippen molar-refractivity contribution in [3.05, 3.63) is 65.6 Å². The summed E-state index contributed by atoms with van der Waals surface area (Å²) in [6.07, 6.45) is 2.17. The van der Waals surface area contributed by atoms with Crippen LogP contribution in [0.25, 0.3) is 16.9 Å². The van der Waals surface area contributed by atoms with Gasteiger partial charge in [0.25, 0.3) is 0 Å². The summed E-state index contributed by atoms with van der Waals surface area (Å²) in [5.74, 6) is -0.120. The van der Waals surface area contributed by atoms with Crippen LogP contribution in [-0.2, 0) is 15.1 Å². The summed E-state index contributed by atoms with van der Waals surface area (Å²) < 4.78 is 33.0. The highest BCUT2D eigenvalue weighted by Gasteiger charge is 2.47. The fourth-order valence-corrected chi connectivity index (χ4v) is 4.57. The zero-order chi connectivity index (χ0) is 22.3. The first-order valence-corrected chi connectivity index (χ1v) is 10.9. The average Bonchev–Trinajstić information content (AvgIpc) is 3.46. The van der Waals surface area contributed by atoms with Crippen molar-refractivity contribution in [2.75, 3.05) is 20.3 Å². The summed E-state index contributed by atoms with van der Waals surface area (Å²) in [6.45, 7) is 2.92. The van der Waals surface area contributed by atoms with Crippen LogP contribution in [0.15, 0.2) is 48.5 Å². The molecular formula is C25H27FN2O4. The van der Waals surface area contributed by atoms with Crippen LogP contribution in [0.4, 0.5) is 4.39 Å². The molecule has 168 valence electrons. The normalized spacial score (nSPS) is 19.4. The summed E-state index contributed by atoms with van der Waals surface area (Å²) in [5, 5.41) is 16.3. The molecule has 0 amide bonds. The van der Waals surface area contributed by atoms with Crippen molar-refractivity contribution >= 4 is 0 Å². The van der Waals surface area contributed by atoms with Crippen LogP contribution in [0.1, 0.15) is 36.9 Å². The van der Waals surface area contributed by atoms with Gasteiger partial charge in [-0.3, -0.25) is 0 Å². The van der Waals surface area contributed by atoms with Gasteiger partial charge in [-0.05, 0) is 61.7 Å². The van der Waals surface area contributed by atoms with Crippen LogP contribution >= 0.6 is 0 Å². The third-order valence-electron chi connectivity index (χ3n) is 6.62. The molecule has 1 aromatic heterocycles. The van der Waals surface area contributed by atoms with E-state index in [1.54, 1.807) is 24.8 Å². The van der Waals surface area contributed by atoms with Gasteiger partial charge in [0.05, 0.1) is 37.4 Å². The fourth-order valence-electron chi connectivity index (χ4n) is 4.57. The first kappa shape index (κ1) is 21.1. The average molecular weight is 438 g/mol. The molecule has 2 aromatic carbocycles. The highest BCUT2D eigenvalue weighted by Crippen LogP contribution is 2.45. The quantitative estimate of drug-likeness (QED) is 0.650. The second-order valence-electron chi connectivity index (χ2n) is 8.63. The summed E-state index contributed by atoms with van der Waals surface area (Å²) >= 11 is 0. The Morgan fingerprint density at radius 2 is 1.69 bits per heavy atom. The predicted octanol–water partition coefficient (Wildman–Crippen LogP) is 4.50. The number of ether oxygens (including phenoxy) is 3. The molecular weight excluding hydrogens is 411 g/mol. The van der Waals surface area contributed by atoms with Gasteiger partial charge < -0.3 is 19.3 Å². The van der Waals surface area contributed by atoms with E-state index in [2.05, 4.69) is 0 Å². The Morgan fingerprint density at radius 3 is 2.31 bits per heavy atom. The lowest BCUT2D eigenvalue weighted by Gasteiger charge is -2.39. The van der Waals surface area contributed by atoms with E-state index in [0.29, 0.717) is 61.4 Å². The minimum atomic E-state index is -1.10. The van der Waals surface area contributed by atoms with Crippen LogP contribution in [0, 0.1) is 12.7 Å². The molecule has 7 heteroatoms. The largest absolute Gasteiger partial charge is 0.497 e. The van der Waals surface area contributed by atoms with E-state index in [9.17, 15) is 9.50 Å². The third kappa shape index (κ3) is 3.70. The Morgan fingerprint density at radius 1 is 1.00 bits per heavy atom. The zero-order valence-corrected chi connectivity index (χ0v) is 18.3. The van der Waals surface area contributed by atoms with Gasteiger partial charge >= 0.3 is 0 Å². The number of rotatable bonds is 4. The number of nitrogens with zero attached hydrogens (tertiary/aromatic N) is 2. The number of aliphatic hydroxyl groups is 1. The molecule has 3 aromatic rings. The van der Waals surface area contributed by atoms with Gasteiger partial charge in [0, 0.05) is 18.4 Å². The van der Waals surface area contributed by atoms with Gasteiger partial charge in [-0.15, -0.1) is 0 Å². The molecule has 1 saturated carbocycles.